The number of hydrogen-bond donors (Lipinski definition) is 2. The van der Waals surface area contributed by atoms with E-state index in [0.29, 0.717) is 5.92 Å². The van der Waals surface area contributed by atoms with Gasteiger partial charge in [0.2, 0.25) is 0 Å². The minimum Gasteiger partial charge on any atom is -0.370 e. The molecule has 0 aliphatic rings. The Labute approximate surface area is 126 Å². The molecule has 2 rings (SSSR count). The van der Waals surface area contributed by atoms with E-state index in [1.165, 1.54) is 0 Å². The maximum atomic E-state index is 4.40. The van der Waals surface area contributed by atoms with Gasteiger partial charge in [-0.25, -0.2) is 15.0 Å². The van der Waals surface area contributed by atoms with E-state index in [1.54, 1.807) is 12.5 Å². The van der Waals surface area contributed by atoms with E-state index in [0.717, 1.165) is 43.3 Å². The van der Waals surface area contributed by atoms with Crippen molar-refractivity contribution in [1.29, 1.82) is 0 Å². The second kappa shape index (κ2) is 7.61. The van der Waals surface area contributed by atoms with Crippen LogP contribution in [-0.4, -0.2) is 32.6 Å². The molecule has 0 spiro atoms. The molecule has 0 aliphatic carbocycles. The Bertz CT molecular complexity index is 535. The number of anilines is 2. The standard InChI is InChI=1S/C15H24N6/c1-4-17-14-13(12(2)3)15(20-10-19-14)18-6-5-8-21-9-7-16-11-21/h7,9-12H,4-6,8H2,1-3H3,(H2,17,18,19,20). The van der Waals surface area contributed by atoms with Crippen molar-refractivity contribution in [2.75, 3.05) is 23.7 Å². The Morgan fingerprint density at radius 1 is 1.19 bits per heavy atom. The van der Waals surface area contributed by atoms with Gasteiger partial charge in [0, 0.05) is 37.6 Å². The van der Waals surface area contributed by atoms with Crippen molar-refractivity contribution >= 4 is 11.6 Å². The predicted molar refractivity (Wildman–Crippen MR) is 85.6 cm³/mol. The molecular weight excluding hydrogens is 264 g/mol. The second-order valence-corrected chi connectivity index (χ2v) is 5.25. The molecule has 21 heavy (non-hydrogen) atoms. The summed E-state index contributed by atoms with van der Waals surface area (Å²) in [6, 6.07) is 0. The monoisotopic (exact) mass is 288 g/mol. The van der Waals surface area contributed by atoms with E-state index in [-0.39, 0.29) is 0 Å². The van der Waals surface area contributed by atoms with Crippen molar-refractivity contribution in [2.24, 2.45) is 0 Å². The zero-order valence-electron chi connectivity index (χ0n) is 13.0. The third kappa shape index (κ3) is 4.18. The molecule has 0 bridgehead atoms. The molecule has 2 aromatic heterocycles. The zero-order valence-corrected chi connectivity index (χ0v) is 13.0. The molecule has 0 saturated heterocycles. The fourth-order valence-electron chi connectivity index (χ4n) is 2.28. The van der Waals surface area contributed by atoms with Crippen molar-refractivity contribution in [1.82, 2.24) is 19.5 Å². The first kappa shape index (κ1) is 15.3. The summed E-state index contributed by atoms with van der Waals surface area (Å²) in [5.41, 5.74) is 1.15. The van der Waals surface area contributed by atoms with Crippen molar-refractivity contribution in [3.05, 3.63) is 30.6 Å². The average Bonchev–Trinajstić information content (AvgIpc) is 2.97. The molecule has 6 heteroatoms. The summed E-state index contributed by atoms with van der Waals surface area (Å²) in [4.78, 5) is 12.8. The predicted octanol–water partition coefficient (Wildman–Crippen LogP) is 2.73. The molecule has 0 aromatic carbocycles. The van der Waals surface area contributed by atoms with E-state index < -0.39 is 0 Å². The summed E-state index contributed by atoms with van der Waals surface area (Å²) in [6.07, 6.45) is 8.26. The summed E-state index contributed by atoms with van der Waals surface area (Å²) < 4.78 is 2.08. The molecule has 2 N–H and O–H groups in total. The van der Waals surface area contributed by atoms with Gasteiger partial charge < -0.3 is 15.2 Å². The minimum atomic E-state index is 0.372. The smallest absolute Gasteiger partial charge is 0.134 e. The molecule has 0 saturated carbocycles. The second-order valence-electron chi connectivity index (χ2n) is 5.25. The summed E-state index contributed by atoms with van der Waals surface area (Å²) in [7, 11) is 0. The highest BCUT2D eigenvalue weighted by atomic mass is 15.1. The fraction of sp³-hybridized carbons (Fsp3) is 0.533. The summed E-state index contributed by atoms with van der Waals surface area (Å²) in [6.45, 7) is 9.09. The molecule has 2 heterocycles. The lowest BCUT2D eigenvalue weighted by Gasteiger charge is -2.17. The molecule has 0 fully saturated rings. The number of rotatable bonds is 8. The first-order valence-corrected chi connectivity index (χ1v) is 7.50. The Balaban J connectivity index is 1.96. The molecule has 0 amide bonds. The van der Waals surface area contributed by atoms with Crippen LogP contribution in [0.15, 0.2) is 25.0 Å². The van der Waals surface area contributed by atoms with Gasteiger partial charge in [0.05, 0.1) is 6.33 Å². The van der Waals surface area contributed by atoms with E-state index in [1.807, 2.05) is 12.5 Å². The van der Waals surface area contributed by atoms with Gasteiger partial charge in [0.15, 0.2) is 0 Å². The largest absolute Gasteiger partial charge is 0.370 e. The molecule has 0 radical (unpaired) electrons. The molecule has 2 aromatic rings. The number of nitrogens with one attached hydrogen (secondary N) is 2. The maximum Gasteiger partial charge on any atom is 0.134 e. The van der Waals surface area contributed by atoms with Gasteiger partial charge in [-0.15, -0.1) is 0 Å². The van der Waals surface area contributed by atoms with Crippen molar-refractivity contribution < 1.29 is 0 Å². The Hall–Kier alpha value is -2.11. The topological polar surface area (TPSA) is 67.7 Å². The molecule has 0 aliphatic heterocycles. The van der Waals surface area contributed by atoms with Crippen molar-refractivity contribution in [3.63, 3.8) is 0 Å². The number of hydrogen-bond acceptors (Lipinski definition) is 5. The van der Waals surface area contributed by atoms with Crippen molar-refractivity contribution in [2.45, 2.75) is 39.7 Å². The number of aromatic nitrogens is 4. The van der Waals surface area contributed by atoms with Crippen LogP contribution in [0.25, 0.3) is 0 Å². The third-order valence-corrected chi connectivity index (χ3v) is 3.25. The Morgan fingerprint density at radius 2 is 1.95 bits per heavy atom. The first-order valence-electron chi connectivity index (χ1n) is 7.50. The van der Waals surface area contributed by atoms with E-state index in [4.69, 9.17) is 0 Å². The van der Waals surface area contributed by atoms with Crippen molar-refractivity contribution in [3.8, 4) is 0 Å². The third-order valence-electron chi connectivity index (χ3n) is 3.25. The Morgan fingerprint density at radius 3 is 2.57 bits per heavy atom. The summed E-state index contributed by atoms with van der Waals surface area (Å²) in [5.74, 6) is 2.23. The lowest BCUT2D eigenvalue weighted by atomic mass is 10.0. The van der Waals surface area contributed by atoms with Crippen LogP contribution in [-0.2, 0) is 6.54 Å². The molecule has 6 nitrogen and oxygen atoms in total. The molecule has 114 valence electrons. The van der Waals surface area contributed by atoms with Gasteiger partial charge in [0.1, 0.15) is 18.0 Å². The van der Waals surface area contributed by atoms with Gasteiger partial charge in [-0.3, -0.25) is 0 Å². The van der Waals surface area contributed by atoms with Gasteiger partial charge in [-0.1, -0.05) is 13.8 Å². The van der Waals surface area contributed by atoms with Crippen LogP contribution < -0.4 is 10.6 Å². The molecular formula is C15H24N6. The minimum absolute atomic E-state index is 0.372. The summed E-state index contributed by atoms with van der Waals surface area (Å²) in [5, 5.41) is 6.74. The number of imidazole rings is 1. The number of nitrogens with zero attached hydrogens (tertiary/aromatic N) is 4. The van der Waals surface area contributed by atoms with Crippen LogP contribution in [0, 0.1) is 0 Å². The van der Waals surface area contributed by atoms with Gasteiger partial charge >= 0.3 is 0 Å². The highest BCUT2D eigenvalue weighted by molar-refractivity contribution is 5.58. The van der Waals surface area contributed by atoms with Crippen LogP contribution in [0.2, 0.25) is 0 Å². The average molecular weight is 288 g/mol. The van der Waals surface area contributed by atoms with Crippen LogP contribution in [0.3, 0.4) is 0 Å². The SMILES string of the molecule is CCNc1ncnc(NCCCn2ccnc2)c1C(C)C. The highest BCUT2D eigenvalue weighted by Gasteiger charge is 2.14. The van der Waals surface area contributed by atoms with Gasteiger partial charge in [-0.05, 0) is 19.3 Å². The highest BCUT2D eigenvalue weighted by Crippen LogP contribution is 2.28. The van der Waals surface area contributed by atoms with E-state index in [2.05, 4.69) is 50.9 Å². The van der Waals surface area contributed by atoms with Crippen LogP contribution in [0.5, 0.6) is 0 Å². The number of aryl methyl sites for hydroxylation is 1. The van der Waals surface area contributed by atoms with Gasteiger partial charge in [-0.2, -0.15) is 0 Å². The lowest BCUT2D eigenvalue weighted by molar-refractivity contribution is 0.659. The van der Waals surface area contributed by atoms with E-state index >= 15 is 0 Å². The molecule has 0 atom stereocenters. The summed E-state index contributed by atoms with van der Waals surface area (Å²) >= 11 is 0. The van der Waals surface area contributed by atoms with E-state index in [9.17, 15) is 0 Å². The Kier molecular flexibility index (Phi) is 5.54. The fourth-order valence-corrected chi connectivity index (χ4v) is 2.28. The molecule has 0 unspecified atom stereocenters. The van der Waals surface area contributed by atoms with Crippen LogP contribution in [0.1, 0.15) is 38.7 Å². The van der Waals surface area contributed by atoms with Gasteiger partial charge in [0.25, 0.3) is 0 Å². The normalized spacial score (nSPS) is 10.9. The first-order chi connectivity index (χ1) is 10.2. The van der Waals surface area contributed by atoms with Crippen LogP contribution >= 0.6 is 0 Å². The van der Waals surface area contributed by atoms with Crippen LogP contribution in [0.4, 0.5) is 11.6 Å². The lowest BCUT2D eigenvalue weighted by Crippen LogP contribution is -2.13. The quantitative estimate of drug-likeness (QED) is 0.731. The zero-order chi connectivity index (χ0) is 15.1. The maximum absolute atomic E-state index is 4.40.